The van der Waals surface area contributed by atoms with Crippen LogP contribution in [0.1, 0.15) is 16.8 Å². The number of halogens is 5. The minimum Gasteiger partial charge on any atom is -0.439 e. The molecule has 0 aliphatic rings. The molecule has 21 heavy (non-hydrogen) atoms. The van der Waals surface area contributed by atoms with E-state index in [0.717, 1.165) is 11.6 Å². The normalized spacial score (nSPS) is 11.5. The first-order valence-corrected chi connectivity index (χ1v) is 6.41. The second-order valence-electron chi connectivity index (χ2n) is 4.33. The molecule has 0 spiro atoms. The SMILES string of the molecule is Cc1cc(CCl)cc(Oc2ccc(F)c(C(F)(F)F)c2)n1. The summed E-state index contributed by atoms with van der Waals surface area (Å²) in [6.45, 7) is 1.70. The summed E-state index contributed by atoms with van der Waals surface area (Å²) in [6.07, 6.45) is -4.79. The van der Waals surface area contributed by atoms with Gasteiger partial charge in [-0.15, -0.1) is 11.6 Å². The van der Waals surface area contributed by atoms with Crippen LogP contribution in [0, 0.1) is 12.7 Å². The molecule has 1 heterocycles. The van der Waals surface area contributed by atoms with Gasteiger partial charge in [0.05, 0.1) is 5.56 Å². The highest BCUT2D eigenvalue weighted by atomic mass is 35.5. The monoisotopic (exact) mass is 319 g/mol. The van der Waals surface area contributed by atoms with Gasteiger partial charge in [0, 0.05) is 17.6 Å². The fourth-order valence-electron chi connectivity index (χ4n) is 1.74. The topological polar surface area (TPSA) is 22.1 Å². The van der Waals surface area contributed by atoms with Gasteiger partial charge in [-0.3, -0.25) is 0 Å². The van der Waals surface area contributed by atoms with E-state index in [1.54, 1.807) is 13.0 Å². The zero-order valence-electron chi connectivity index (χ0n) is 10.8. The van der Waals surface area contributed by atoms with Crippen LogP contribution in [-0.4, -0.2) is 4.98 Å². The third kappa shape index (κ3) is 3.85. The van der Waals surface area contributed by atoms with Gasteiger partial charge in [0.2, 0.25) is 5.88 Å². The highest BCUT2D eigenvalue weighted by molar-refractivity contribution is 6.17. The first kappa shape index (κ1) is 15.6. The molecule has 0 fully saturated rings. The Kier molecular flexibility index (Phi) is 4.37. The van der Waals surface area contributed by atoms with Crippen molar-refractivity contribution in [1.82, 2.24) is 4.98 Å². The Morgan fingerprint density at radius 1 is 1.19 bits per heavy atom. The fraction of sp³-hybridized carbons (Fsp3) is 0.214. The molecule has 0 unspecified atom stereocenters. The highest BCUT2D eigenvalue weighted by Crippen LogP contribution is 2.34. The molecule has 2 rings (SSSR count). The van der Waals surface area contributed by atoms with Crippen molar-refractivity contribution in [2.24, 2.45) is 0 Å². The number of rotatable bonds is 3. The summed E-state index contributed by atoms with van der Waals surface area (Å²) < 4.78 is 56.3. The average Bonchev–Trinajstić information content (AvgIpc) is 2.39. The van der Waals surface area contributed by atoms with Gasteiger partial charge in [-0.25, -0.2) is 9.37 Å². The van der Waals surface area contributed by atoms with Crippen molar-refractivity contribution in [1.29, 1.82) is 0 Å². The Morgan fingerprint density at radius 3 is 2.52 bits per heavy atom. The Labute approximate surface area is 123 Å². The summed E-state index contributed by atoms with van der Waals surface area (Å²) in [5.74, 6) is -1.18. The van der Waals surface area contributed by atoms with E-state index in [0.29, 0.717) is 17.8 Å². The van der Waals surface area contributed by atoms with E-state index in [1.807, 2.05) is 0 Å². The molecule has 0 aliphatic carbocycles. The molecule has 112 valence electrons. The molecular weight excluding hydrogens is 310 g/mol. The van der Waals surface area contributed by atoms with Crippen LogP contribution < -0.4 is 4.74 Å². The van der Waals surface area contributed by atoms with Crippen molar-refractivity contribution in [3.63, 3.8) is 0 Å². The van der Waals surface area contributed by atoms with Crippen molar-refractivity contribution >= 4 is 11.6 Å². The largest absolute Gasteiger partial charge is 0.439 e. The Balaban J connectivity index is 2.34. The van der Waals surface area contributed by atoms with E-state index in [4.69, 9.17) is 16.3 Å². The van der Waals surface area contributed by atoms with Crippen LogP contribution in [0.15, 0.2) is 30.3 Å². The van der Waals surface area contributed by atoms with Crippen LogP contribution in [0.25, 0.3) is 0 Å². The molecule has 0 radical (unpaired) electrons. The summed E-state index contributed by atoms with van der Waals surface area (Å²) in [6, 6.07) is 5.65. The number of nitrogens with zero attached hydrogens (tertiary/aromatic N) is 1. The van der Waals surface area contributed by atoms with E-state index >= 15 is 0 Å². The molecule has 0 bridgehead atoms. The minimum absolute atomic E-state index is 0.102. The lowest BCUT2D eigenvalue weighted by molar-refractivity contribution is -0.140. The van der Waals surface area contributed by atoms with Gasteiger partial charge in [-0.05, 0) is 36.8 Å². The predicted molar refractivity (Wildman–Crippen MR) is 70.0 cm³/mol. The minimum atomic E-state index is -4.79. The molecule has 0 saturated carbocycles. The third-order valence-corrected chi connectivity index (χ3v) is 2.92. The van der Waals surface area contributed by atoms with Crippen LogP contribution in [0.3, 0.4) is 0 Å². The van der Waals surface area contributed by atoms with Crippen molar-refractivity contribution in [2.45, 2.75) is 19.0 Å². The average molecular weight is 320 g/mol. The first-order valence-electron chi connectivity index (χ1n) is 5.87. The van der Waals surface area contributed by atoms with E-state index in [-0.39, 0.29) is 17.5 Å². The van der Waals surface area contributed by atoms with Crippen LogP contribution >= 0.6 is 11.6 Å². The number of alkyl halides is 4. The third-order valence-electron chi connectivity index (χ3n) is 2.61. The number of benzene rings is 1. The molecule has 0 aliphatic heterocycles. The number of hydrogen-bond acceptors (Lipinski definition) is 2. The van der Waals surface area contributed by atoms with E-state index in [9.17, 15) is 17.6 Å². The van der Waals surface area contributed by atoms with Crippen LogP contribution in [0.4, 0.5) is 17.6 Å². The van der Waals surface area contributed by atoms with Gasteiger partial charge < -0.3 is 4.74 Å². The predicted octanol–water partition coefficient (Wildman–Crippen LogP) is 5.08. The summed E-state index contributed by atoms with van der Waals surface area (Å²) >= 11 is 5.70. The molecule has 0 N–H and O–H groups in total. The van der Waals surface area contributed by atoms with Crippen molar-refractivity contribution in [3.8, 4) is 11.6 Å². The zero-order valence-corrected chi connectivity index (χ0v) is 11.6. The second kappa shape index (κ2) is 5.89. The van der Waals surface area contributed by atoms with Crippen LogP contribution in [-0.2, 0) is 12.1 Å². The maximum absolute atomic E-state index is 13.2. The van der Waals surface area contributed by atoms with E-state index < -0.39 is 17.6 Å². The van der Waals surface area contributed by atoms with Gasteiger partial charge in [-0.1, -0.05) is 0 Å². The molecule has 2 aromatic rings. The van der Waals surface area contributed by atoms with Gasteiger partial charge in [0.15, 0.2) is 0 Å². The first-order chi connectivity index (χ1) is 9.79. The number of aromatic nitrogens is 1. The molecule has 0 amide bonds. The van der Waals surface area contributed by atoms with E-state index in [2.05, 4.69) is 4.98 Å². The van der Waals surface area contributed by atoms with Crippen molar-refractivity contribution in [3.05, 3.63) is 53.0 Å². The molecule has 0 saturated heterocycles. The molecule has 2 nitrogen and oxygen atoms in total. The standard InChI is InChI=1S/C14H10ClF4NO/c1-8-4-9(7-15)5-13(20-8)21-10-2-3-12(16)11(6-10)14(17,18)19/h2-6H,7H2,1H3. The van der Waals surface area contributed by atoms with Gasteiger partial charge in [-0.2, -0.15) is 13.2 Å². The molecule has 0 atom stereocenters. The van der Waals surface area contributed by atoms with Crippen molar-refractivity contribution < 1.29 is 22.3 Å². The lowest BCUT2D eigenvalue weighted by atomic mass is 10.2. The van der Waals surface area contributed by atoms with Crippen LogP contribution in [0.2, 0.25) is 0 Å². The highest BCUT2D eigenvalue weighted by Gasteiger charge is 2.34. The second-order valence-corrected chi connectivity index (χ2v) is 4.60. The lowest BCUT2D eigenvalue weighted by Gasteiger charge is -2.11. The molecule has 1 aromatic carbocycles. The van der Waals surface area contributed by atoms with Crippen molar-refractivity contribution in [2.75, 3.05) is 0 Å². The smallest absolute Gasteiger partial charge is 0.419 e. The van der Waals surface area contributed by atoms with Gasteiger partial charge >= 0.3 is 6.18 Å². The van der Waals surface area contributed by atoms with Gasteiger partial charge in [0.1, 0.15) is 11.6 Å². The maximum Gasteiger partial charge on any atom is 0.419 e. The lowest BCUT2D eigenvalue weighted by Crippen LogP contribution is -2.08. The summed E-state index contributed by atoms with van der Waals surface area (Å²) in [7, 11) is 0. The van der Waals surface area contributed by atoms with Crippen LogP contribution in [0.5, 0.6) is 11.6 Å². The number of hydrogen-bond donors (Lipinski definition) is 0. The fourth-order valence-corrected chi connectivity index (χ4v) is 1.90. The Bertz CT molecular complexity index is 658. The molecule has 7 heteroatoms. The quantitative estimate of drug-likeness (QED) is 0.581. The number of aryl methyl sites for hydroxylation is 1. The van der Waals surface area contributed by atoms with E-state index in [1.165, 1.54) is 6.07 Å². The Hall–Kier alpha value is -1.82. The Morgan fingerprint density at radius 2 is 1.90 bits per heavy atom. The summed E-state index contributed by atoms with van der Waals surface area (Å²) in [5.41, 5.74) is -0.0520. The van der Waals surface area contributed by atoms with Gasteiger partial charge in [0.25, 0.3) is 0 Å². The summed E-state index contributed by atoms with van der Waals surface area (Å²) in [5, 5.41) is 0. The maximum atomic E-state index is 13.2. The number of ether oxygens (including phenoxy) is 1. The number of pyridine rings is 1. The molecular formula is C14H10ClF4NO. The summed E-state index contributed by atoms with van der Waals surface area (Å²) in [4.78, 5) is 4.04. The zero-order chi connectivity index (χ0) is 15.6. The molecule has 1 aromatic heterocycles.